The molecule has 0 atom stereocenters. The van der Waals surface area contributed by atoms with Crippen molar-refractivity contribution in [1.82, 2.24) is 5.32 Å². The van der Waals surface area contributed by atoms with Crippen molar-refractivity contribution in [2.24, 2.45) is 0 Å². The molecule has 1 aliphatic heterocycles. The summed E-state index contributed by atoms with van der Waals surface area (Å²) in [6.45, 7) is 5.00. The molecule has 0 radical (unpaired) electrons. The van der Waals surface area contributed by atoms with E-state index >= 15 is 0 Å². The molecule has 136 valence electrons. The van der Waals surface area contributed by atoms with Gasteiger partial charge in [-0.1, -0.05) is 42.5 Å². The second-order valence-electron chi connectivity index (χ2n) is 6.38. The first kappa shape index (κ1) is 18.3. The van der Waals surface area contributed by atoms with Crippen LogP contribution in [0.2, 0.25) is 0 Å². The Bertz CT molecular complexity index is 770. The summed E-state index contributed by atoms with van der Waals surface area (Å²) in [6, 6.07) is 14.5. The van der Waals surface area contributed by atoms with Crippen LogP contribution in [0.1, 0.15) is 16.7 Å². The van der Waals surface area contributed by atoms with Gasteiger partial charge in [-0.25, -0.2) is 4.39 Å². The summed E-state index contributed by atoms with van der Waals surface area (Å²) in [5.74, 6) is -0.572. The van der Waals surface area contributed by atoms with Crippen molar-refractivity contribution in [1.29, 1.82) is 0 Å². The molecule has 0 aromatic heterocycles. The third kappa shape index (κ3) is 5.25. The van der Waals surface area contributed by atoms with Crippen molar-refractivity contribution in [2.45, 2.75) is 13.1 Å². The number of hydrogen-bond donors (Lipinski definition) is 2. The van der Waals surface area contributed by atoms with Crippen molar-refractivity contribution in [3.63, 3.8) is 0 Å². The molecule has 1 aliphatic rings. The number of halogens is 1. The third-order valence-corrected chi connectivity index (χ3v) is 4.53. The molecule has 1 fully saturated rings. The van der Waals surface area contributed by atoms with Gasteiger partial charge in [-0.2, -0.15) is 0 Å². The number of carbonyl (C=O) groups is 1. The maximum atomic E-state index is 13.6. The smallest absolute Gasteiger partial charge is 0.244 e. The lowest BCUT2D eigenvalue weighted by Crippen LogP contribution is -3.12. The van der Waals surface area contributed by atoms with Gasteiger partial charge in [0.2, 0.25) is 5.91 Å². The molecule has 1 heterocycles. The highest BCUT2D eigenvalue weighted by atomic mass is 19.1. The van der Waals surface area contributed by atoms with Gasteiger partial charge in [0.25, 0.3) is 0 Å². The predicted molar refractivity (Wildman–Crippen MR) is 98.9 cm³/mol. The Hall–Kier alpha value is -2.50. The summed E-state index contributed by atoms with van der Waals surface area (Å²) in [5, 5.41) is 2.88. The van der Waals surface area contributed by atoms with Gasteiger partial charge in [-0.3, -0.25) is 4.79 Å². The molecule has 0 aliphatic carbocycles. The minimum Gasteiger partial charge on any atom is -0.370 e. The Kier molecular flexibility index (Phi) is 6.52. The SMILES string of the molecule is O=C(/C=C/c1ccccc1F)NCc1ccccc1C[NH+]1CCOCC1. The standard InChI is InChI=1S/C21H23FN2O2/c22-20-8-4-3-5-17(20)9-10-21(25)23-15-18-6-1-2-7-19(18)16-24-11-13-26-14-12-24/h1-10H,11-16H2,(H,23,25)/p+1/b10-9+. The van der Waals surface area contributed by atoms with Gasteiger partial charge in [0.15, 0.2) is 0 Å². The molecular formula is C21H24FN2O2+. The fraction of sp³-hybridized carbons (Fsp3) is 0.286. The second-order valence-corrected chi connectivity index (χ2v) is 6.38. The van der Waals surface area contributed by atoms with E-state index in [1.807, 2.05) is 18.2 Å². The van der Waals surface area contributed by atoms with Gasteiger partial charge in [-0.15, -0.1) is 0 Å². The summed E-state index contributed by atoms with van der Waals surface area (Å²) in [6.07, 6.45) is 2.86. The summed E-state index contributed by atoms with van der Waals surface area (Å²) in [7, 11) is 0. The quantitative estimate of drug-likeness (QED) is 0.773. The van der Waals surface area contributed by atoms with E-state index in [-0.39, 0.29) is 11.7 Å². The Labute approximate surface area is 153 Å². The van der Waals surface area contributed by atoms with Crippen LogP contribution in [-0.4, -0.2) is 32.2 Å². The highest BCUT2D eigenvalue weighted by molar-refractivity contribution is 5.91. The van der Waals surface area contributed by atoms with Crippen LogP contribution in [-0.2, 0) is 22.6 Å². The van der Waals surface area contributed by atoms with Crippen LogP contribution in [0, 0.1) is 5.82 Å². The van der Waals surface area contributed by atoms with Crippen molar-refractivity contribution < 1.29 is 18.8 Å². The van der Waals surface area contributed by atoms with Crippen LogP contribution < -0.4 is 10.2 Å². The maximum absolute atomic E-state index is 13.6. The summed E-state index contributed by atoms with van der Waals surface area (Å²) < 4.78 is 19.0. The van der Waals surface area contributed by atoms with E-state index in [4.69, 9.17) is 4.74 Å². The van der Waals surface area contributed by atoms with E-state index in [1.165, 1.54) is 28.7 Å². The number of morpholine rings is 1. The van der Waals surface area contributed by atoms with Gasteiger partial charge in [0.05, 0.1) is 13.2 Å². The average molecular weight is 355 g/mol. The van der Waals surface area contributed by atoms with Gasteiger partial charge in [0, 0.05) is 23.7 Å². The van der Waals surface area contributed by atoms with Crippen LogP contribution in [0.25, 0.3) is 6.08 Å². The molecule has 26 heavy (non-hydrogen) atoms. The lowest BCUT2D eigenvalue weighted by Gasteiger charge is -2.24. The monoisotopic (exact) mass is 355 g/mol. The first-order valence-electron chi connectivity index (χ1n) is 8.91. The van der Waals surface area contributed by atoms with Crippen molar-refractivity contribution >= 4 is 12.0 Å². The highest BCUT2D eigenvalue weighted by Crippen LogP contribution is 2.09. The number of benzene rings is 2. The Morgan fingerprint density at radius 1 is 1.08 bits per heavy atom. The zero-order valence-corrected chi connectivity index (χ0v) is 14.7. The van der Waals surface area contributed by atoms with Crippen LogP contribution in [0.4, 0.5) is 4.39 Å². The van der Waals surface area contributed by atoms with E-state index in [2.05, 4.69) is 11.4 Å². The molecule has 0 spiro atoms. The summed E-state index contributed by atoms with van der Waals surface area (Å²) >= 11 is 0. The summed E-state index contributed by atoms with van der Waals surface area (Å²) in [5.41, 5.74) is 2.75. The van der Waals surface area contributed by atoms with Crippen LogP contribution in [0.5, 0.6) is 0 Å². The number of nitrogens with one attached hydrogen (secondary N) is 2. The van der Waals surface area contributed by atoms with Crippen LogP contribution in [0.15, 0.2) is 54.6 Å². The number of amides is 1. The Balaban J connectivity index is 1.57. The van der Waals surface area contributed by atoms with Crippen LogP contribution >= 0.6 is 0 Å². The second kappa shape index (κ2) is 9.27. The Morgan fingerprint density at radius 3 is 2.54 bits per heavy atom. The first-order chi connectivity index (χ1) is 12.7. The van der Waals surface area contributed by atoms with Crippen LogP contribution in [0.3, 0.4) is 0 Å². The predicted octanol–water partition coefficient (Wildman–Crippen LogP) is 1.57. The van der Waals surface area contributed by atoms with Gasteiger partial charge in [0.1, 0.15) is 25.5 Å². The molecule has 0 bridgehead atoms. The number of hydrogen-bond acceptors (Lipinski definition) is 2. The summed E-state index contributed by atoms with van der Waals surface area (Å²) in [4.78, 5) is 13.6. The van der Waals surface area contributed by atoms with E-state index in [1.54, 1.807) is 18.2 Å². The molecule has 2 aromatic carbocycles. The normalized spacial score (nSPS) is 15.3. The molecule has 0 saturated carbocycles. The molecule has 1 saturated heterocycles. The lowest BCUT2D eigenvalue weighted by atomic mass is 10.1. The van der Waals surface area contributed by atoms with E-state index < -0.39 is 0 Å². The van der Waals surface area contributed by atoms with Gasteiger partial charge < -0.3 is 15.0 Å². The van der Waals surface area contributed by atoms with E-state index in [0.717, 1.165) is 38.4 Å². The first-order valence-corrected chi connectivity index (χ1v) is 8.91. The molecule has 0 unspecified atom stereocenters. The average Bonchev–Trinajstić information content (AvgIpc) is 2.67. The maximum Gasteiger partial charge on any atom is 0.244 e. The molecule has 1 amide bonds. The van der Waals surface area contributed by atoms with E-state index in [0.29, 0.717) is 12.1 Å². The molecule has 4 nitrogen and oxygen atoms in total. The van der Waals surface area contributed by atoms with Crippen molar-refractivity contribution in [3.8, 4) is 0 Å². The minimum absolute atomic E-state index is 0.234. The molecular weight excluding hydrogens is 331 g/mol. The van der Waals surface area contributed by atoms with Crippen molar-refractivity contribution in [3.05, 3.63) is 77.1 Å². The van der Waals surface area contributed by atoms with Gasteiger partial charge >= 0.3 is 0 Å². The lowest BCUT2D eigenvalue weighted by molar-refractivity contribution is -0.921. The Morgan fingerprint density at radius 2 is 1.77 bits per heavy atom. The van der Waals surface area contributed by atoms with Crippen molar-refractivity contribution in [2.75, 3.05) is 26.3 Å². The number of rotatable bonds is 6. The number of quaternary nitrogens is 1. The number of carbonyl (C=O) groups excluding carboxylic acids is 1. The zero-order chi connectivity index (χ0) is 18.2. The zero-order valence-electron chi connectivity index (χ0n) is 14.7. The molecule has 5 heteroatoms. The fourth-order valence-corrected chi connectivity index (χ4v) is 3.03. The molecule has 2 N–H and O–H groups in total. The topological polar surface area (TPSA) is 42.8 Å². The third-order valence-electron chi connectivity index (χ3n) is 4.53. The van der Waals surface area contributed by atoms with Gasteiger partial charge in [-0.05, 0) is 17.7 Å². The highest BCUT2D eigenvalue weighted by Gasteiger charge is 2.15. The fourth-order valence-electron chi connectivity index (χ4n) is 3.03. The largest absolute Gasteiger partial charge is 0.370 e. The minimum atomic E-state index is -0.338. The molecule has 3 rings (SSSR count). The number of ether oxygens (including phenoxy) is 1. The molecule has 2 aromatic rings. The van der Waals surface area contributed by atoms with E-state index in [9.17, 15) is 9.18 Å².